The van der Waals surface area contributed by atoms with Crippen LogP contribution in [0.2, 0.25) is 0 Å². The molecule has 1 aromatic carbocycles. The Hall–Kier alpha value is -1.56. The molecule has 1 aliphatic heterocycles. The van der Waals surface area contributed by atoms with Gasteiger partial charge in [-0.2, -0.15) is 0 Å². The topological polar surface area (TPSA) is 49.9 Å². The van der Waals surface area contributed by atoms with Gasteiger partial charge in [-0.05, 0) is 36.1 Å². The lowest BCUT2D eigenvalue weighted by Crippen LogP contribution is -2.49. The Morgan fingerprint density at radius 2 is 1.80 bits per heavy atom. The number of esters is 1. The highest BCUT2D eigenvalue weighted by Gasteiger charge is 2.27. The summed E-state index contributed by atoms with van der Waals surface area (Å²) in [6, 6.07) is 6.37. The van der Waals surface area contributed by atoms with E-state index in [9.17, 15) is 9.59 Å². The van der Waals surface area contributed by atoms with Gasteiger partial charge in [0.25, 0.3) is 0 Å². The van der Waals surface area contributed by atoms with Crippen molar-refractivity contribution in [3.8, 4) is 0 Å². The van der Waals surface area contributed by atoms with E-state index < -0.39 is 5.97 Å². The summed E-state index contributed by atoms with van der Waals surface area (Å²) in [5, 5.41) is 0. The standard InChI is InChI=1S/C19H27BrN2O3/c1-5-25-18(24)13-17(23)22-10-8-21(9-11-22)16-7-6-14(20)12-15(16)19(2,3)4/h6-7,12H,5,8-11,13H2,1-4H3. The molecule has 5 nitrogen and oxygen atoms in total. The molecular weight excluding hydrogens is 384 g/mol. The Labute approximate surface area is 158 Å². The van der Waals surface area contributed by atoms with Gasteiger partial charge in [-0.25, -0.2) is 0 Å². The SMILES string of the molecule is CCOC(=O)CC(=O)N1CCN(c2ccc(Br)cc2C(C)(C)C)CC1. The molecule has 0 saturated carbocycles. The predicted molar refractivity (Wildman–Crippen MR) is 103 cm³/mol. The van der Waals surface area contributed by atoms with Crippen LogP contribution >= 0.6 is 15.9 Å². The lowest BCUT2D eigenvalue weighted by molar-refractivity contribution is -0.148. The fourth-order valence-corrected chi connectivity index (χ4v) is 3.39. The van der Waals surface area contributed by atoms with Crippen molar-refractivity contribution in [3.63, 3.8) is 0 Å². The van der Waals surface area contributed by atoms with Crippen molar-refractivity contribution in [1.29, 1.82) is 0 Å². The molecular formula is C19H27BrN2O3. The van der Waals surface area contributed by atoms with Crippen LogP contribution in [0.1, 0.15) is 39.7 Å². The Morgan fingerprint density at radius 3 is 2.36 bits per heavy atom. The zero-order valence-electron chi connectivity index (χ0n) is 15.5. The summed E-state index contributed by atoms with van der Waals surface area (Å²) in [5.41, 5.74) is 2.54. The molecule has 6 heteroatoms. The van der Waals surface area contributed by atoms with Crippen LogP contribution in [0.4, 0.5) is 5.69 Å². The average Bonchev–Trinajstić information content (AvgIpc) is 2.54. The molecule has 1 saturated heterocycles. The number of piperazine rings is 1. The third-order valence-electron chi connectivity index (χ3n) is 4.34. The van der Waals surface area contributed by atoms with Gasteiger partial charge in [0, 0.05) is 36.3 Å². The summed E-state index contributed by atoms with van der Waals surface area (Å²) < 4.78 is 5.93. The van der Waals surface area contributed by atoms with E-state index in [1.165, 1.54) is 11.3 Å². The molecule has 1 aromatic rings. The Bertz CT molecular complexity index is 632. The normalized spacial score (nSPS) is 15.2. The quantitative estimate of drug-likeness (QED) is 0.563. The maximum absolute atomic E-state index is 12.2. The highest BCUT2D eigenvalue weighted by molar-refractivity contribution is 9.10. The van der Waals surface area contributed by atoms with E-state index in [1.807, 2.05) is 0 Å². The van der Waals surface area contributed by atoms with Crippen LogP contribution in [-0.4, -0.2) is 49.6 Å². The van der Waals surface area contributed by atoms with Crippen LogP contribution in [0.5, 0.6) is 0 Å². The highest BCUT2D eigenvalue weighted by Crippen LogP contribution is 2.34. The van der Waals surface area contributed by atoms with E-state index in [0.717, 1.165) is 17.6 Å². The molecule has 0 aromatic heterocycles. The fourth-order valence-electron chi connectivity index (χ4n) is 3.03. The van der Waals surface area contributed by atoms with Crippen LogP contribution in [0, 0.1) is 0 Å². The summed E-state index contributed by atoms with van der Waals surface area (Å²) >= 11 is 3.56. The first-order valence-corrected chi connectivity index (χ1v) is 9.50. The number of nitrogens with zero attached hydrogens (tertiary/aromatic N) is 2. The maximum Gasteiger partial charge on any atom is 0.315 e. The van der Waals surface area contributed by atoms with Crippen LogP contribution in [0.25, 0.3) is 0 Å². The Morgan fingerprint density at radius 1 is 1.16 bits per heavy atom. The largest absolute Gasteiger partial charge is 0.466 e. The number of anilines is 1. The number of rotatable bonds is 4. The number of halogens is 1. The van der Waals surface area contributed by atoms with Crippen molar-refractivity contribution < 1.29 is 14.3 Å². The Balaban J connectivity index is 2.03. The molecule has 2 rings (SSSR count). The smallest absolute Gasteiger partial charge is 0.315 e. The predicted octanol–water partition coefficient (Wildman–Crippen LogP) is 3.35. The Kier molecular flexibility index (Phi) is 6.49. The molecule has 0 N–H and O–H groups in total. The lowest BCUT2D eigenvalue weighted by Gasteiger charge is -2.38. The van der Waals surface area contributed by atoms with E-state index in [-0.39, 0.29) is 17.7 Å². The molecule has 138 valence electrons. The van der Waals surface area contributed by atoms with Gasteiger partial charge in [0.05, 0.1) is 6.61 Å². The minimum atomic E-state index is -0.446. The third kappa shape index (κ3) is 5.21. The van der Waals surface area contributed by atoms with Crippen molar-refractivity contribution in [2.75, 3.05) is 37.7 Å². The molecule has 1 aliphatic rings. The van der Waals surface area contributed by atoms with Gasteiger partial charge in [-0.1, -0.05) is 36.7 Å². The number of carbonyl (C=O) groups excluding carboxylic acids is 2. The van der Waals surface area contributed by atoms with E-state index in [1.54, 1.807) is 11.8 Å². The van der Waals surface area contributed by atoms with Gasteiger partial charge in [-0.3, -0.25) is 9.59 Å². The molecule has 0 radical (unpaired) electrons. The monoisotopic (exact) mass is 410 g/mol. The third-order valence-corrected chi connectivity index (χ3v) is 4.83. The molecule has 0 spiro atoms. The van der Waals surface area contributed by atoms with Crippen molar-refractivity contribution in [2.24, 2.45) is 0 Å². The fraction of sp³-hybridized carbons (Fsp3) is 0.579. The van der Waals surface area contributed by atoms with Gasteiger partial charge in [0.2, 0.25) is 5.91 Å². The summed E-state index contributed by atoms with van der Waals surface area (Å²) in [5.74, 6) is -0.595. The number of benzene rings is 1. The van der Waals surface area contributed by atoms with Crippen LogP contribution in [0.15, 0.2) is 22.7 Å². The summed E-state index contributed by atoms with van der Waals surface area (Å²) in [6.07, 6.45) is -0.167. The van der Waals surface area contributed by atoms with Gasteiger partial charge in [0.15, 0.2) is 0 Å². The number of carbonyl (C=O) groups is 2. The number of hydrogen-bond donors (Lipinski definition) is 0. The van der Waals surface area contributed by atoms with Crippen molar-refractivity contribution in [2.45, 2.75) is 39.5 Å². The van der Waals surface area contributed by atoms with Crippen LogP contribution < -0.4 is 4.90 Å². The minimum absolute atomic E-state index is 0.0377. The average molecular weight is 411 g/mol. The molecule has 0 atom stereocenters. The van der Waals surface area contributed by atoms with Crippen molar-refractivity contribution in [1.82, 2.24) is 4.90 Å². The zero-order valence-corrected chi connectivity index (χ0v) is 17.1. The van der Waals surface area contributed by atoms with Gasteiger partial charge in [-0.15, -0.1) is 0 Å². The van der Waals surface area contributed by atoms with Crippen molar-refractivity contribution >= 4 is 33.5 Å². The number of amides is 1. The van der Waals surface area contributed by atoms with E-state index in [2.05, 4.69) is 59.8 Å². The second-order valence-electron chi connectivity index (χ2n) is 7.26. The summed E-state index contributed by atoms with van der Waals surface area (Å²) in [6.45, 7) is 11.4. The van der Waals surface area contributed by atoms with Crippen LogP contribution in [-0.2, 0) is 19.7 Å². The zero-order chi connectivity index (χ0) is 18.6. The van der Waals surface area contributed by atoms with E-state index in [4.69, 9.17) is 4.74 Å². The number of ether oxygens (including phenoxy) is 1. The van der Waals surface area contributed by atoms with Gasteiger partial charge >= 0.3 is 5.97 Å². The molecule has 25 heavy (non-hydrogen) atoms. The summed E-state index contributed by atoms with van der Waals surface area (Å²) in [7, 11) is 0. The van der Waals surface area contributed by atoms with Gasteiger partial charge < -0.3 is 14.5 Å². The first-order valence-electron chi connectivity index (χ1n) is 8.70. The first-order chi connectivity index (χ1) is 11.7. The van der Waals surface area contributed by atoms with E-state index in [0.29, 0.717) is 19.7 Å². The lowest BCUT2D eigenvalue weighted by atomic mass is 9.85. The number of hydrogen-bond acceptors (Lipinski definition) is 4. The molecule has 1 fully saturated rings. The highest BCUT2D eigenvalue weighted by atomic mass is 79.9. The van der Waals surface area contributed by atoms with E-state index >= 15 is 0 Å². The second kappa shape index (κ2) is 8.21. The van der Waals surface area contributed by atoms with Crippen molar-refractivity contribution in [3.05, 3.63) is 28.2 Å². The van der Waals surface area contributed by atoms with Crippen LogP contribution in [0.3, 0.4) is 0 Å². The molecule has 1 heterocycles. The van der Waals surface area contributed by atoms with Gasteiger partial charge in [0.1, 0.15) is 6.42 Å². The maximum atomic E-state index is 12.2. The minimum Gasteiger partial charge on any atom is -0.466 e. The molecule has 0 bridgehead atoms. The first kappa shape index (κ1) is 19.8. The molecule has 0 aliphatic carbocycles. The molecule has 0 unspecified atom stereocenters. The summed E-state index contributed by atoms with van der Waals surface area (Å²) in [4.78, 5) is 27.8. The molecule has 1 amide bonds. The second-order valence-corrected chi connectivity index (χ2v) is 8.18.